The summed E-state index contributed by atoms with van der Waals surface area (Å²) in [6.45, 7) is 12.4. The normalized spacial score (nSPS) is 11.6. The molecule has 0 radical (unpaired) electrons. The third-order valence-corrected chi connectivity index (χ3v) is 9.89. The van der Waals surface area contributed by atoms with E-state index in [1.54, 1.807) is 24.3 Å². The molecule has 0 atom stereocenters. The molecule has 0 saturated carbocycles. The van der Waals surface area contributed by atoms with Crippen LogP contribution >= 0.6 is 15.6 Å². The van der Waals surface area contributed by atoms with Gasteiger partial charge in [-0.2, -0.15) is 0 Å². The molecule has 0 aliphatic rings. The zero-order chi connectivity index (χ0) is 37.1. The fourth-order valence-corrected chi connectivity index (χ4v) is 6.51. The summed E-state index contributed by atoms with van der Waals surface area (Å²) in [6, 6.07) is 17.9. The van der Waals surface area contributed by atoms with Crippen LogP contribution in [0.25, 0.3) is 0 Å². The summed E-state index contributed by atoms with van der Waals surface area (Å²) in [6.07, 6.45) is 13.0. The molecule has 13 heteroatoms. The number of rotatable bonds is 33. The van der Waals surface area contributed by atoms with Crippen LogP contribution in [0.2, 0.25) is 0 Å². The minimum atomic E-state index is -3.72. The van der Waals surface area contributed by atoms with Crippen LogP contribution in [0.1, 0.15) is 105 Å². The maximum Gasteiger partial charge on any atom is 0.587 e. The highest BCUT2D eigenvalue weighted by molar-refractivity contribution is 7.49. The van der Waals surface area contributed by atoms with Crippen molar-refractivity contribution in [2.45, 2.75) is 105 Å². The highest BCUT2D eigenvalue weighted by Gasteiger charge is 2.30. The molecule has 11 nitrogen and oxygen atoms in total. The predicted octanol–water partition coefficient (Wildman–Crippen LogP) is 11.2. The number of hydrogen-bond donors (Lipinski definition) is 0. The number of phosphoric acid groups is 2. The highest BCUT2D eigenvalue weighted by atomic mass is 31.2. The van der Waals surface area contributed by atoms with Gasteiger partial charge >= 0.3 is 15.6 Å². The van der Waals surface area contributed by atoms with Crippen molar-refractivity contribution in [3.8, 4) is 11.5 Å². The van der Waals surface area contributed by atoms with Gasteiger partial charge in [0.25, 0.3) is 0 Å². The minimum Gasteiger partial charge on any atom is -0.395 e. The fourth-order valence-electron chi connectivity index (χ4n) is 4.13. The second-order valence-corrected chi connectivity index (χ2v) is 14.9. The van der Waals surface area contributed by atoms with E-state index in [4.69, 9.17) is 41.4 Å². The number of phosphoric ester groups is 2. The Morgan fingerprint density at radius 3 is 1.12 bits per heavy atom. The summed E-state index contributed by atoms with van der Waals surface area (Å²) in [4.78, 5) is 0. The van der Waals surface area contributed by atoms with E-state index in [1.165, 1.54) is 25.7 Å². The number of para-hydroxylation sites is 2. The van der Waals surface area contributed by atoms with Gasteiger partial charge < -0.3 is 23.3 Å². The second-order valence-electron chi connectivity index (χ2n) is 11.7. The summed E-state index contributed by atoms with van der Waals surface area (Å²) < 4.78 is 74.6. The lowest BCUT2D eigenvalue weighted by Crippen LogP contribution is -2.12. The molecule has 0 N–H and O–H groups in total. The third-order valence-electron chi connectivity index (χ3n) is 7.03. The van der Waals surface area contributed by atoms with Gasteiger partial charge in [0.2, 0.25) is 0 Å². The number of ether oxygens (including phenoxy) is 3. The molecule has 294 valence electrons. The van der Waals surface area contributed by atoms with Crippen LogP contribution in [0.15, 0.2) is 60.7 Å². The van der Waals surface area contributed by atoms with Gasteiger partial charge in [-0.1, -0.05) is 115 Å². The monoisotopic (exact) mass is 760 g/mol. The lowest BCUT2D eigenvalue weighted by atomic mass is 10.1. The lowest BCUT2D eigenvalue weighted by Gasteiger charge is -2.19. The molecule has 0 aliphatic heterocycles. The molecule has 0 heterocycles. The third kappa shape index (κ3) is 27.5. The van der Waals surface area contributed by atoms with Crippen molar-refractivity contribution < 1.29 is 50.5 Å². The van der Waals surface area contributed by atoms with E-state index in [0.717, 1.165) is 51.4 Å². The standard InChI is InChI=1S/C20H27O4P.C18H39O7P/c1-2-3-4-5-6-13-18-22-25(21,23-19-14-9-7-10-15-19)24-20-16-11-8-12-17-20;1-4-7-10-20-13-16-23-26(19,24-17-14-21-11-8-5-2)25-18-15-22-12-9-6-3/h7-12,14-17H,2-6,13,18H2,1H3;4-18H2,1-3H3. The molecule has 0 aromatic heterocycles. The van der Waals surface area contributed by atoms with Crippen molar-refractivity contribution in [2.24, 2.45) is 0 Å². The van der Waals surface area contributed by atoms with Gasteiger partial charge in [0.1, 0.15) is 11.5 Å². The molecule has 51 heavy (non-hydrogen) atoms. The summed E-state index contributed by atoms with van der Waals surface area (Å²) >= 11 is 0. The molecule has 2 rings (SSSR count). The molecule has 0 amide bonds. The van der Waals surface area contributed by atoms with Crippen LogP contribution in [0, 0.1) is 0 Å². The van der Waals surface area contributed by atoms with Crippen molar-refractivity contribution in [2.75, 3.05) is 66.1 Å². The maximum atomic E-state index is 13.0. The maximum absolute atomic E-state index is 13.0. The summed E-state index contributed by atoms with van der Waals surface area (Å²) in [5, 5.41) is 0. The van der Waals surface area contributed by atoms with Gasteiger partial charge in [0.05, 0.1) is 46.2 Å². The van der Waals surface area contributed by atoms with Crippen LogP contribution in [0.4, 0.5) is 0 Å². The first-order chi connectivity index (χ1) is 24.9. The molecule has 2 aromatic carbocycles. The van der Waals surface area contributed by atoms with E-state index in [1.807, 2.05) is 36.4 Å². The zero-order valence-electron chi connectivity index (χ0n) is 31.7. The molecule has 0 aliphatic carbocycles. The SMILES string of the molecule is CCCCCCCCOP(=O)(Oc1ccccc1)Oc1ccccc1.CCCCOCCOP(=O)(OCCOCCCC)OCCOCCCC. The smallest absolute Gasteiger partial charge is 0.395 e. The number of benzene rings is 2. The van der Waals surface area contributed by atoms with Crippen LogP contribution in [-0.4, -0.2) is 66.1 Å². The quantitative estimate of drug-likeness (QED) is 0.0511. The predicted molar refractivity (Wildman–Crippen MR) is 204 cm³/mol. The Balaban J connectivity index is 0.000000510. The van der Waals surface area contributed by atoms with E-state index in [2.05, 4.69) is 27.7 Å². The summed E-state index contributed by atoms with van der Waals surface area (Å²) in [7, 11) is -7.35. The average Bonchev–Trinajstić information content (AvgIpc) is 3.13. The Bertz CT molecular complexity index is 1030. The Hall–Kier alpha value is -1.78. The van der Waals surface area contributed by atoms with Gasteiger partial charge in [0.15, 0.2) is 0 Å². The van der Waals surface area contributed by atoms with Crippen molar-refractivity contribution in [1.29, 1.82) is 0 Å². The Morgan fingerprint density at radius 2 is 0.725 bits per heavy atom. The van der Waals surface area contributed by atoms with Crippen LogP contribution < -0.4 is 9.05 Å². The van der Waals surface area contributed by atoms with Gasteiger partial charge in [-0.05, 0) is 49.9 Å². The van der Waals surface area contributed by atoms with Gasteiger partial charge in [0, 0.05) is 19.8 Å². The average molecular weight is 761 g/mol. The van der Waals surface area contributed by atoms with Gasteiger partial charge in [-0.3, -0.25) is 18.1 Å². The van der Waals surface area contributed by atoms with E-state index in [0.29, 0.717) is 57.7 Å². The zero-order valence-corrected chi connectivity index (χ0v) is 33.5. The second kappa shape index (κ2) is 32.8. The van der Waals surface area contributed by atoms with Crippen LogP contribution in [0.5, 0.6) is 11.5 Å². The molecule has 0 saturated heterocycles. The topological polar surface area (TPSA) is 117 Å². The first kappa shape index (κ1) is 47.2. The van der Waals surface area contributed by atoms with Gasteiger partial charge in [-0.15, -0.1) is 0 Å². The highest BCUT2D eigenvalue weighted by Crippen LogP contribution is 2.50. The van der Waals surface area contributed by atoms with E-state index < -0.39 is 15.6 Å². The number of hydrogen-bond acceptors (Lipinski definition) is 11. The van der Waals surface area contributed by atoms with Crippen molar-refractivity contribution in [3.05, 3.63) is 60.7 Å². The van der Waals surface area contributed by atoms with Crippen molar-refractivity contribution >= 4 is 15.6 Å². The largest absolute Gasteiger partial charge is 0.587 e. The van der Waals surface area contributed by atoms with Crippen LogP contribution in [-0.2, 0) is 41.4 Å². The number of unbranched alkanes of at least 4 members (excludes halogenated alkanes) is 8. The molecule has 0 unspecified atom stereocenters. The fraction of sp³-hybridized carbons (Fsp3) is 0.684. The molecule has 0 spiro atoms. The van der Waals surface area contributed by atoms with Crippen molar-refractivity contribution in [3.63, 3.8) is 0 Å². The molecular formula is C38H66O11P2. The minimum absolute atomic E-state index is 0.161. The van der Waals surface area contributed by atoms with E-state index >= 15 is 0 Å². The summed E-state index contributed by atoms with van der Waals surface area (Å²) in [5.41, 5.74) is 0. The Morgan fingerprint density at radius 1 is 0.373 bits per heavy atom. The molecule has 0 bridgehead atoms. The Labute approximate surface area is 308 Å². The lowest BCUT2D eigenvalue weighted by molar-refractivity contribution is 0.0331. The first-order valence-electron chi connectivity index (χ1n) is 18.9. The molecule has 2 aromatic rings. The van der Waals surface area contributed by atoms with E-state index in [-0.39, 0.29) is 19.8 Å². The summed E-state index contributed by atoms with van der Waals surface area (Å²) in [5.74, 6) is 0.925. The molecular weight excluding hydrogens is 694 g/mol. The van der Waals surface area contributed by atoms with Gasteiger partial charge in [-0.25, -0.2) is 9.13 Å². The van der Waals surface area contributed by atoms with Crippen LogP contribution in [0.3, 0.4) is 0 Å². The Kier molecular flexibility index (Phi) is 30.4. The first-order valence-corrected chi connectivity index (χ1v) is 21.8. The molecule has 0 fully saturated rings. The van der Waals surface area contributed by atoms with Crippen molar-refractivity contribution in [1.82, 2.24) is 0 Å². The van der Waals surface area contributed by atoms with E-state index in [9.17, 15) is 9.13 Å².